The number of nitrogens with two attached hydrogens (primary N) is 1. The quantitative estimate of drug-likeness (QED) is 0.287. The summed E-state index contributed by atoms with van der Waals surface area (Å²) >= 11 is 0. The molecule has 2 heterocycles. The number of rotatable bonds is 5. The Balaban J connectivity index is 0.00000156. The van der Waals surface area contributed by atoms with Gasteiger partial charge in [0.05, 0.1) is 6.20 Å². The molecule has 0 bridgehead atoms. The average molecular weight is 499 g/mol. The molecule has 37 heavy (non-hydrogen) atoms. The number of carbonyl (C=O) groups excluding carboxylic acids is 2. The number of benzene rings is 3. The minimum Gasteiger partial charge on any atom is -0.444 e. The van der Waals surface area contributed by atoms with Crippen LogP contribution in [0.15, 0.2) is 77.7 Å². The molecule has 0 saturated heterocycles. The van der Waals surface area contributed by atoms with Gasteiger partial charge in [0.25, 0.3) is 0 Å². The molecule has 190 valence electrons. The first-order valence-electron chi connectivity index (χ1n) is 11.9. The van der Waals surface area contributed by atoms with E-state index in [0.717, 1.165) is 34.6 Å². The van der Waals surface area contributed by atoms with Crippen LogP contribution in [0.2, 0.25) is 0 Å². The summed E-state index contributed by atoms with van der Waals surface area (Å²) in [5.74, 6) is 0.723. The van der Waals surface area contributed by atoms with Gasteiger partial charge in [-0.25, -0.2) is 9.78 Å². The molecule has 9 heteroatoms. The predicted octanol–water partition coefficient (Wildman–Crippen LogP) is 5.52. The standard InChI is InChI=1S/C27H25N5O3.CH5N/c1-17-12-22(8-9-24(17)26-15-28-16-35-26)31-27(34)30-21-5-3-4-20(13-21)29-23-7-6-19-10-11-32(18(2)33)25(19)14-23;1-2/h3-9,12-16,29H,10-11H2,1-2H3,(H2,30,31,34);2H2,1H3. The maximum absolute atomic E-state index is 12.6. The molecule has 0 unspecified atom stereocenters. The fourth-order valence-corrected chi connectivity index (χ4v) is 4.29. The van der Waals surface area contributed by atoms with Gasteiger partial charge >= 0.3 is 6.03 Å². The molecule has 4 aromatic rings. The first-order chi connectivity index (χ1) is 18.0. The number of aryl methyl sites for hydroxylation is 1. The average Bonchev–Trinajstić information content (AvgIpc) is 3.56. The fourth-order valence-electron chi connectivity index (χ4n) is 4.29. The minimum atomic E-state index is -0.344. The van der Waals surface area contributed by atoms with Crippen LogP contribution in [-0.4, -0.2) is 30.5 Å². The van der Waals surface area contributed by atoms with Crippen molar-refractivity contribution in [2.75, 3.05) is 34.4 Å². The van der Waals surface area contributed by atoms with Gasteiger partial charge < -0.3 is 31.0 Å². The van der Waals surface area contributed by atoms with Gasteiger partial charge in [-0.1, -0.05) is 12.1 Å². The van der Waals surface area contributed by atoms with Gasteiger partial charge in [-0.2, -0.15) is 0 Å². The van der Waals surface area contributed by atoms with Crippen molar-refractivity contribution in [1.29, 1.82) is 0 Å². The van der Waals surface area contributed by atoms with Gasteiger partial charge in [0, 0.05) is 47.5 Å². The third-order valence-corrected chi connectivity index (χ3v) is 5.95. The zero-order valence-corrected chi connectivity index (χ0v) is 21.0. The van der Waals surface area contributed by atoms with Crippen molar-refractivity contribution in [2.24, 2.45) is 5.73 Å². The van der Waals surface area contributed by atoms with Crippen molar-refractivity contribution in [2.45, 2.75) is 20.3 Å². The Kier molecular flexibility index (Phi) is 7.85. The third-order valence-electron chi connectivity index (χ3n) is 5.95. The summed E-state index contributed by atoms with van der Waals surface area (Å²) in [6.45, 7) is 4.25. The second-order valence-corrected chi connectivity index (χ2v) is 8.44. The highest BCUT2D eigenvalue weighted by atomic mass is 16.3. The van der Waals surface area contributed by atoms with Gasteiger partial charge in [0.2, 0.25) is 5.91 Å². The SMILES string of the molecule is CC(=O)N1CCc2ccc(Nc3cccc(NC(=O)Nc4ccc(-c5cnco5)c(C)c4)c3)cc21.CN. The highest BCUT2D eigenvalue weighted by Crippen LogP contribution is 2.32. The maximum atomic E-state index is 12.6. The van der Waals surface area contributed by atoms with Crippen LogP contribution >= 0.6 is 0 Å². The molecule has 0 radical (unpaired) electrons. The molecule has 9 nitrogen and oxygen atoms in total. The number of nitrogens with zero attached hydrogens (tertiary/aromatic N) is 2. The summed E-state index contributed by atoms with van der Waals surface area (Å²) in [7, 11) is 1.50. The van der Waals surface area contributed by atoms with Crippen molar-refractivity contribution in [3.05, 3.63) is 84.4 Å². The first kappa shape index (κ1) is 25.5. The van der Waals surface area contributed by atoms with Crippen LogP contribution in [0.1, 0.15) is 18.1 Å². The Morgan fingerprint density at radius 2 is 1.65 bits per heavy atom. The zero-order chi connectivity index (χ0) is 26.4. The lowest BCUT2D eigenvalue weighted by Gasteiger charge is -2.16. The number of anilines is 5. The van der Waals surface area contributed by atoms with Crippen LogP contribution in [0.25, 0.3) is 11.3 Å². The number of carbonyl (C=O) groups is 2. The van der Waals surface area contributed by atoms with Gasteiger partial charge in [-0.3, -0.25) is 4.79 Å². The summed E-state index contributed by atoms with van der Waals surface area (Å²) in [6, 6.07) is 18.7. The Morgan fingerprint density at radius 3 is 2.35 bits per heavy atom. The first-order valence-corrected chi connectivity index (χ1v) is 11.9. The number of amides is 3. The lowest BCUT2D eigenvalue weighted by Crippen LogP contribution is -2.25. The molecule has 3 amide bonds. The Bertz CT molecular complexity index is 1400. The summed E-state index contributed by atoms with van der Waals surface area (Å²) in [6.07, 6.45) is 3.92. The summed E-state index contributed by atoms with van der Waals surface area (Å²) in [5.41, 5.74) is 11.5. The molecule has 0 saturated carbocycles. The highest BCUT2D eigenvalue weighted by Gasteiger charge is 2.22. The highest BCUT2D eigenvalue weighted by molar-refractivity contribution is 6.00. The lowest BCUT2D eigenvalue weighted by molar-refractivity contribution is -0.116. The molecule has 1 aliphatic heterocycles. The molecule has 0 aliphatic carbocycles. The maximum Gasteiger partial charge on any atom is 0.323 e. The second-order valence-electron chi connectivity index (χ2n) is 8.44. The Labute approximate surface area is 215 Å². The lowest BCUT2D eigenvalue weighted by atomic mass is 10.1. The monoisotopic (exact) mass is 498 g/mol. The van der Waals surface area contributed by atoms with Crippen LogP contribution in [0.5, 0.6) is 0 Å². The zero-order valence-electron chi connectivity index (χ0n) is 21.0. The van der Waals surface area contributed by atoms with E-state index >= 15 is 0 Å². The van der Waals surface area contributed by atoms with Gasteiger partial charge in [0.1, 0.15) is 0 Å². The molecule has 3 aromatic carbocycles. The fraction of sp³-hybridized carbons (Fsp3) is 0.179. The molecule has 5 N–H and O–H groups in total. The van der Waals surface area contributed by atoms with E-state index in [0.29, 0.717) is 23.7 Å². The van der Waals surface area contributed by atoms with Crippen LogP contribution < -0.4 is 26.6 Å². The summed E-state index contributed by atoms with van der Waals surface area (Å²) < 4.78 is 5.36. The number of urea groups is 1. The Hall–Kier alpha value is -4.63. The number of fused-ring (bicyclic) bond motifs is 1. The van der Waals surface area contributed by atoms with Crippen LogP contribution in [0.4, 0.5) is 33.2 Å². The van der Waals surface area contributed by atoms with Crippen molar-refractivity contribution < 1.29 is 14.0 Å². The van der Waals surface area contributed by atoms with E-state index in [1.165, 1.54) is 19.0 Å². The number of aromatic nitrogens is 1. The van der Waals surface area contributed by atoms with Crippen LogP contribution in [0, 0.1) is 6.92 Å². The smallest absolute Gasteiger partial charge is 0.323 e. The van der Waals surface area contributed by atoms with E-state index in [-0.39, 0.29) is 11.9 Å². The topological polar surface area (TPSA) is 126 Å². The van der Waals surface area contributed by atoms with Crippen LogP contribution in [-0.2, 0) is 11.2 Å². The molecule has 0 fully saturated rings. The molecule has 0 atom stereocenters. The van der Waals surface area contributed by atoms with Gasteiger partial charge in [-0.05, 0) is 80.1 Å². The van der Waals surface area contributed by atoms with E-state index in [4.69, 9.17) is 4.42 Å². The largest absolute Gasteiger partial charge is 0.444 e. The van der Waals surface area contributed by atoms with E-state index in [1.807, 2.05) is 67.6 Å². The normalized spacial score (nSPS) is 11.7. The minimum absolute atomic E-state index is 0.0425. The van der Waals surface area contributed by atoms with E-state index < -0.39 is 0 Å². The molecule has 5 rings (SSSR count). The summed E-state index contributed by atoms with van der Waals surface area (Å²) in [4.78, 5) is 30.2. The number of oxazole rings is 1. The number of hydrogen-bond donors (Lipinski definition) is 4. The summed E-state index contributed by atoms with van der Waals surface area (Å²) in [5, 5.41) is 9.09. The van der Waals surface area contributed by atoms with E-state index in [1.54, 1.807) is 18.0 Å². The van der Waals surface area contributed by atoms with Crippen LogP contribution in [0.3, 0.4) is 0 Å². The molecular weight excluding hydrogens is 468 g/mol. The van der Waals surface area contributed by atoms with Gasteiger partial charge in [0.15, 0.2) is 12.2 Å². The van der Waals surface area contributed by atoms with Gasteiger partial charge in [-0.15, -0.1) is 0 Å². The van der Waals surface area contributed by atoms with Crippen molar-refractivity contribution in [3.8, 4) is 11.3 Å². The predicted molar refractivity (Wildman–Crippen MR) is 147 cm³/mol. The number of nitrogens with one attached hydrogen (secondary N) is 3. The number of hydrogen-bond acceptors (Lipinski definition) is 6. The third kappa shape index (κ3) is 5.96. The van der Waals surface area contributed by atoms with Crippen molar-refractivity contribution >= 4 is 40.4 Å². The Morgan fingerprint density at radius 1 is 0.946 bits per heavy atom. The van der Waals surface area contributed by atoms with E-state index in [9.17, 15) is 9.59 Å². The molecule has 0 spiro atoms. The van der Waals surface area contributed by atoms with Crippen molar-refractivity contribution in [3.63, 3.8) is 0 Å². The second kappa shape index (κ2) is 11.4. The molecule has 1 aliphatic rings. The molecule has 1 aromatic heterocycles. The van der Waals surface area contributed by atoms with Crippen molar-refractivity contribution in [1.82, 2.24) is 4.98 Å². The van der Waals surface area contributed by atoms with E-state index in [2.05, 4.69) is 26.7 Å². The molecular formula is C28H30N6O3.